The first-order valence-corrected chi connectivity index (χ1v) is 12.0. The van der Waals surface area contributed by atoms with Crippen molar-refractivity contribution in [1.29, 1.82) is 0 Å². The summed E-state index contributed by atoms with van der Waals surface area (Å²) in [7, 11) is 0. The van der Waals surface area contributed by atoms with Crippen LogP contribution in [0.15, 0.2) is 72.8 Å². The van der Waals surface area contributed by atoms with E-state index in [9.17, 15) is 14.4 Å². The first kappa shape index (κ1) is 22.8. The standard InChI is InChI=1S/C28H28N4O3/c1-2-30-15-17-31(18-16-30)25-10-6-5-9-24(25)29-26(33)21-13-11-20(12-14-21)19-32-27(34)22-7-3-4-8-23(22)28(32)35/h3-14H,2,15-19H2,1H3,(H,29,33). The molecule has 0 bridgehead atoms. The molecule has 0 radical (unpaired) electrons. The van der Waals surface area contributed by atoms with Crippen molar-refractivity contribution < 1.29 is 14.4 Å². The summed E-state index contributed by atoms with van der Waals surface area (Å²) in [5.74, 6) is -0.774. The summed E-state index contributed by atoms with van der Waals surface area (Å²) in [4.78, 5) is 44.2. The molecule has 178 valence electrons. The summed E-state index contributed by atoms with van der Waals surface area (Å²) in [5, 5.41) is 3.06. The number of fused-ring (bicyclic) bond motifs is 1. The average molecular weight is 469 g/mol. The van der Waals surface area contributed by atoms with Gasteiger partial charge in [0.1, 0.15) is 0 Å². The van der Waals surface area contributed by atoms with E-state index >= 15 is 0 Å². The number of anilines is 2. The van der Waals surface area contributed by atoms with Gasteiger partial charge in [-0.05, 0) is 48.5 Å². The Labute approximate surface area is 204 Å². The molecule has 0 aliphatic carbocycles. The lowest BCUT2D eigenvalue weighted by Gasteiger charge is -2.36. The van der Waals surface area contributed by atoms with Gasteiger partial charge < -0.3 is 15.1 Å². The van der Waals surface area contributed by atoms with Crippen LogP contribution in [0.3, 0.4) is 0 Å². The van der Waals surface area contributed by atoms with E-state index < -0.39 is 0 Å². The molecule has 2 aliphatic heterocycles. The lowest BCUT2D eigenvalue weighted by atomic mass is 10.1. The number of para-hydroxylation sites is 2. The van der Waals surface area contributed by atoms with Gasteiger partial charge in [-0.15, -0.1) is 0 Å². The van der Waals surface area contributed by atoms with Crippen molar-refractivity contribution in [3.05, 3.63) is 95.1 Å². The number of nitrogens with zero attached hydrogens (tertiary/aromatic N) is 3. The number of hydrogen-bond acceptors (Lipinski definition) is 5. The maximum absolute atomic E-state index is 13.0. The van der Waals surface area contributed by atoms with Gasteiger partial charge in [0, 0.05) is 31.7 Å². The van der Waals surface area contributed by atoms with E-state index in [-0.39, 0.29) is 24.3 Å². The first-order valence-electron chi connectivity index (χ1n) is 12.0. The smallest absolute Gasteiger partial charge is 0.261 e. The lowest BCUT2D eigenvalue weighted by molar-refractivity contribution is 0.0642. The largest absolute Gasteiger partial charge is 0.367 e. The first-order chi connectivity index (χ1) is 17.0. The topological polar surface area (TPSA) is 73.0 Å². The van der Waals surface area contributed by atoms with Gasteiger partial charge in [-0.1, -0.05) is 43.3 Å². The van der Waals surface area contributed by atoms with Gasteiger partial charge in [0.05, 0.1) is 29.0 Å². The van der Waals surface area contributed by atoms with Crippen LogP contribution in [0.25, 0.3) is 0 Å². The van der Waals surface area contributed by atoms with Crippen LogP contribution in [0.5, 0.6) is 0 Å². The highest BCUT2D eigenvalue weighted by Crippen LogP contribution is 2.28. The molecule has 0 saturated carbocycles. The highest BCUT2D eigenvalue weighted by atomic mass is 16.2. The van der Waals surface area contributed by atoms with Crippen molar-refractivity contribution in [2.24, 2.45) is 0 Å². The van der Waals surface area contributed by atoms with Crippen molar-refractivity contribution in [1.82, 2.24) is 9.80 Å². The Morgan fingerprint density at radius 3 is 2.03 bits per heavy atom. The fourth-order valence-corrected chi connectivity index (χ4v) is 4.68. The maximum atomic E-state index is 13.0. The molecule has 0 aromatic heterocycles. The van der Waals surface area contributed by atoms with Crippen LogP contribution in [-0.4, -0.2) is 60.2 Å². The summed E-state index contributed by atoms with van der Waals surface area (Å²) in [6.45, 7) is 7.26. The number of rotatable bonds is 6. The number of imide groups is 1. The predicted molar refractivity (Wildman–Crippen MR) is 136 cm³/mol. The summed E-state index contributed by atoms with van der Waals surface area (Å²) in [5.41, 5.74) is 3.98. The third kappa shape index (κ3) is 4.55. The maximum Gasteiger partial charge on any atom is 0.261 e. The molecule has 0 spiro atoms. The van der Waals surface area contributed by atoms with Crippen molar-refractivity contribution in [3.8, 4) is 0 Å². The zero-order chi connectivity index (χ0) is 24.4. The van der Waals surface area contributed by atoms with E-state index in [0.717, 1.165) is 49.7 Å². The zero-order valence-corrected chi connectivity index (χ0v) is 19.7. The fourth-order valence-electron chi connectivity index (χ4n) is 4.68. The van der Waals surface area contributed by atoms with Gasteiger partial charge in [0.15, 0.2) is 0 Å². The van der Waals surface area contributed by atoms with Crippen LogP contribution in [0.1, 0.15) is 43.6 Å². The van der Waals surface area contributed by atoms with Gasteiger partial charge in [-0.2, -0.15) is 0 Å². The van der Waals surface area contributed by atoms with E-state index in [1.165, 1.54) is 4.90 Å². The number of benzene rings is 3. The van der Waals surface area contributed by atoms with E-state index in [1.54, 1.807) is 48.5 Å². The highest BCUT2D eigenvalue weighted by molar-refractivity contribution is 6.21. The Bertz CT molecular complexity index is 1230. The molecule has 35 heavy (non-hydrogen) atoms. The van der Waals surface area contributed by atoms with Gasteiger partial charge in [-0.25, -0.2) is 0 Å². The van der Waals surface area contributed by atoms with Crippen LogP contribution >= 0.6 is 0 Å². The number of carbonyl (C=O) groups excluding carboxylic acids is 3. The van der Waals surface area contributed by atoms with Crippen LogP contribution in [0, 0.1) is 0 Å². The van der Waals surface area contributed by atoms with Crippen LogP contribution in [0.4, 0.5) is 11.4 Å². The number of piperazine rings is 1. The van der Waals surface area contributed by atoms with Crippen molar-refractivity contribution in [3.63, 3.8) is 0 Å². The quantitative estimate of drug-likeness (QED) is 0.556. The lowest BCUT2D eigenvalue weighted by Crippen LogP contribution is -2.46. The Morgan fingerprint density at radius 2 is 1.40 bits per heavy atom. The molecule has 1 saturated heterocycles. The fraction of sp³-hybridized carbons (Fsp3) is 0.250. The molecule has 3 aromatic carbocycles. The SMILES string of the molecule is CCN1CCN(c2ccccc2NC(=O)c2ccc(CN3C(=O)c4ccccc4C3=O)cc2)CC1. The van der Waals surface area contributed by atoms with E-state index in [4.69, 9.17) is 0 Å². The minimum atomic E-state index is -0.288. The number of nitrogens with one attached hydrogen (secondary N) is 1. The second-order valence-electron chi connectivity index (χ2n) is 8.83. The van der Waals surface area contributed by atoms with Crippen molar-refractivity contribution >= 4 is 29.1 Å². The van der Waals surface area contributed by atoms with E-state index in [2.05, 4.69) is 22.0 Å². The second kappa shape index (κ2) is 9.72. The molecular weight excluding hydrogens is 440 g/mol. The van der Waals surface area contributed by atoms with Crippen molar-refractivity contribution in [2.45, 2.75) is 13.5 Å². The number of amides is 3. The highest BCUT2D eigenvalue weighted by Gasteiger charge is 2.34. The minimum absolute atomic E-state index is 0.167. The Morgan fingerprint density at radius 1 is 0.800 bits per heavy atom. The molecule has 5 rings (SSSR count). The minimum Gasteiger partial charge on any atom is -0.367 e. The molecular formula is C28H28N4O3. The second-order valence-corrected chi connectivity index (χ2v) is 8.83. The van der Waals surface area contributed by atoms with E-state index in [0.29, 0.717) is 16.7 Å². The molecule has 1 fully saturated rings. The Balaban J connectivity index is 1.25. The van der Waals surface area contributed by atoms with Gasteiger partial charge in [-0.3, -0.25) is 19.3 Å². The number of carbonyl (C=O) groups is 3. The summed E-state index contributed by atoms with van der Waals surface area (Å²) >= 11 is 0. The Hall–Kier alpha value is -3.97. The number of likely N-dealkylation sites (N-methyl/N-ethyl adjacent to an activating group) is 1. The van der Waals surface area contributed by atoms with Crippen LogP contribution in [-0.2, 0) is 6.54 Å². The average Bonchev–Trinajstić information content (AvgIpc) is 3.14. The predicted octanol–water partition coefficient (Wildman–Crippen LogP) is 3.88. The normalized spacial score (nSPS) is 15.9. The number of hydrogen-bond donors (Lipinski definition) is 1. The molecule has 2 heterocycles. The molecule has 1 N–H and O–H groups in total. The van der Waals surface area contributed by atoms with Gasteiger partial charge >= 0.3 is 0 Å². The summed E-state index contributed by atoms with van der Waals surface area (Å²) < 4.78 is 0. The molecule has 3 aromatic rings. The molecule has 0 atom stereocenters. The summed E-state index contributed by atoms with van der Waals surface area (Å²) in [6.07, 6.45) is 0. The monoisotopic (exact) mass is 468 g/mol. The van der Waals surface area contributed by atoms with E-state index in [1.807, 2.05) is 24.3 Å². The van der Waals surface area contributed by atoms with Gasteiger partial charge in [0.2, 0.25) is 0 Å². The molecule has 2 aliphatic rings. The molecule has 0 unspecified atom stereocenters. The van der Waals surface area contributed by atoms with Crippen LogP contribution < -0.4 is 10.2 Å². The summed E-state index contributed by atoms with van der Waals surface area (Å²) in [6, 6.07) is 21.8. The van der Waals surface area contributed by atoms with Crippen molar-refractivity contribution in [2.75, 3.05) is 42.9 Å². The Kier molecular flexibility index (Phi) is 6.33. The molecule has 7 nitrogen and oxygen atoms in total. The molecule has 7 heteroatoms. The zero-order valence-electron chi connectivity index (χ0n) is 19.7. The van der Waals surface area contributed by atoms with Crippen LogP contribution in [0.2, 0.25) is 0 Å². The van der Waals surface area contributed by atoms with Gasteiger partial charge in [0.25, 0.3) is 17.7 Å². The molecule has 3 amide bonds. The third-order valence-electron chi connectivity index (χ3n) is 6.75. The third-order valence-corrected chi connectivity index (χ3v) is 6.75.